The molecule has 3 heterocycles. The predicted octanol–water partition coefficient (Wildman–Crippen LogP) is 4.25. The lowest BCUT2D eigenvalue weighted by Gasteiger charge is -2.20. The molecule has 6 heteroatoms. The van der Waals surface area contributed by atoms with Gasteiger partial charge in [0, 0.05) is 25.0 Å². The summed E-state index contributed by atoms with van der Waals surface area (Å²) >= 11 is 6.25. The fourth-order valence-corrected chi connectivity index (χ4v) is 2.90. The molecule has 0 N–H and O–H groups in total. The van der Waals surface area contributed by atoms with Crippen LogP contribution in [0.4, 0.5) is 0 Å². The van der Waals surface area contributed by atoms with Gasteiger partial charge in [-0.2, -0.15) is 0 Å². The molecule has 1 aliphatic rings. The van der Waals surface area contributed by atoms with E-state index in [-0.39, 0.29) is 11.8 Å². The van der Waals surface area contributed by atoms with Crippen molar-refractivity contribution in [2.75, 3.05) is 13.1 Å². The minimum atomic E-state index is -0.0187. The molecule has 0 bridgehead atoms. The van der Waals surface area contributed by atoms with Crippen molar-refractivity contribution in [2.45, 2.75) is 32.6 Å². The minimum absolute atomic E-state index is 0.0187. The molecule has 1 aliphatic heterocycles. The van der Waals surface area contributed by atoms with Crippen LogP contribution in [0.15, 0.2) is 30.6 Å². The molecule has 1 amide bonds. The van der Waals surface area contributed by atoms with Crippen molar-refractivity contribution in [2.24, 2.45) is 0 Å². The molecule has 1 saturated heterocycles. The molecular formula is C18H20ClN3O2. The van der Waals surface area contributed by atoms with E-state index in [1.165, 1.54) is 19.0 Å². The average molecular weight is 346 g/mol. The Morgan fingerprint density at radius 1 is 1.12 bits per heavy atom. The van der Waals surface area contributed by atoms with E-state index in [0.717, 1.165) is 31.6 Å². The van der Waals surface area contributed by atoms with Crippen LogP contribution < -0.4 is 4.74 Å². The monoisotopic (exact) mass is 345 g/mol. The van der Waals surface area contributed by atoms with Crippen LogP contribution in [0.1, 0.15) is 41.7 Å². The highest BCUT2D eigenvalue weighted by molar-refractivity contribution is 6.32. The lowest BCUT2D eigenvalue weighted by molar-refractivity contribution is 0.0761. The smallest absolute Gasteiger partial charge is 0.255 e. The molecule has 24 heavy (non-hydrogen) atoms. The maximum atomic E-state index is 12.6. The average Bonchev–Trinajstić information content (AvgIpc) is 2.87. The van der Waals surface area contributed by atoms with Crippen molar-refractivity contribution in [3.63, 3.8) is 0 Å². The second-order valence-corrected chi connectivity index (χ2v) is 6.36. The summed E-state index contributed by atoms with van der Waals surface area (Å²) in [6.07, 6.45) is 7.60. The van der Waals surface area contributed by atoms with Gasteiger partial charge in [0.15, 0.2) is 0 Å². The second kappa shape index (κ2) is 7.62. The number of pyridine rings is 2. The van der Waals surface area contributed by atoms with Crippen molar-refractivity contribution in [3.05, 3.63) is 46.9 Å². The second-order valence-electron chi connectivity index (χ2n) is 5.95. The van der Waals surface area contributed by atoms with E-state index < -0.39 is 0 Å². The third kappa shape index (κ3) is 4.03. The van der Waals surface area contributed by atoms with E-state index >= 15 is 0 Å². The Bertz CT molecular complexity index is 711. The molecule has 0 aromatic carbocycles. The zero-order valence-corrected chi connectivity index (χ0v) is 14.4. The molecule has 126 valence electrons. The van der Waals surface area contributed by atoms with Gasteiger partial charge in [0.1, 0.15) is 10.8 Å². The van der Waals surface area contributed by atoms with E-state index in [2.05, 4.69) is 9.97 Å². The molecule has 2 aromatic heterocycles. The minimum Gasteiger partial charge on any atom is -0.436 e. The Hall–Kier alpha value is -2.14. The lowest BCUT2D eigenvalue weighted by atomic mass is 10.2. The first-order valence-electron chi connectivity index (χ1n) is 8.19. The van der Waals surface area contributed by atoms with Gasteiger partial charge in [0.25, 0.3) is 5.91 Å². The standard InChI is InChI=1S/C18H20ClN3O2/c1-13-6-7-15(12-20-13)24-17-16(19)10-14(11-21-17)18(23)22-8-4-2-3-5-9-22/h6-7,10-12H,2-5,8-9H2,1H3. The van der Waals surface area contributed by atoms with Crippen LogP contribution in [0.2, 0.25) is 5.02 Å². The molecule has 0 saturated carbocycles. The number of rotatable bonds is 3. The van der Waals surface area contributed by atoms with Crippen LogP contribution in [0.5, 0.6) is 11.6 Å². The zero-order valence-electron chi connectivity index (χ0n) is 13.7. The highest BCUT2D eigenvalue weighted by Gasteiger charge is 2.19. The van der Waals surface area contributed by atoms with E-state index in [0.29, 0.717) is 16.3 Å². The lowest BCUT2D eigenvalue weighted by Crippen LogP contribution is -2.31. The third-order valence-electron chi connectivity index (χ3n) is 4.05. The van der Waals surface area contributed by atoms with Crippen LogP contribution >= 0.6 is 11.6 Å². The molecule has 0 spiro atoms. The van der Waals surface area contributed by atoms with Crippen molar-refractivity contribution >= 4 is 17.5 Å². The van der Waals surface area contributed by atoms with Crippen LogP contribution in [0, 0.1) is 6.92 Å². The predicted molar refractivity (Wildman–Crippen MR) is 92.7 cm³/mol. The van der Waals surface area contributed by atoms with E-state index in [1.54, 1.807) is 18.3 Å². The molecule has 0 aliphatic carbocycles. The molecule has 0 atom stereocenters. The zero-order chi connectivity index (χ0) is 16.9. The van der Waals surface area contributed by atoms with Gasteiger partial charge in [-0.15, -0.1) is 0 Å². The molecule has 0 radical (unpaired) electrons. The fourth-order valence-electron chi connectivity index (χ4n) is 2.70. The number of carbonyl (C=O) groups is 1. The summed E-state index contributed by atoms with van der Waals surface area (Å²) in [5, 5.41) is 0.316. The highest BCUT2D eigenvalue weighted by Crippen LogP contribution is 2.28. The Kier molecular flexibility index (Phi) is 5.30. The summed E-state index contributed by atoms with van der Waals surface area (Å²) in [5.74, 6) is 0.811. The van der Waals surface area contributed by atoms with Gasteiger partial charge in [-0.1, -0.05) is 24.4 Å². The number of halogens is 1. The number of likely N-dealkylation sites (tertiary alicyclic amines) is 1. The quantitative estimate of drug-likeness (QED) is 0.834. The van der Waals surface area contributed by atoms with Crippen LogP contribution in [-0.4, -0.2) is 33.9 Å². The number of hydrogen-bond donors (Lipinski definition) is 0. The molecule has 5 nitrogen and oxygen atoms in total. The molecule has 2 aromatic rings. The van der Waals surface area contributed by atoms with Crippen LogP contribution in [0.3, 0.4) is 0 Å². The first kappa shape index (κ1) is 16.7. The van der Waals surface area contributed by atoms with Gasteiger partial charge in [0.2, 0.25) is 5.88 Å². The number of nitrogens with zero attached hydrogens (tertiary/aromatic N) is 3. The van der Waals surface area contributed by atoms with Crippen molar-refractivity contribution in [1.82, 2.24) is 14.9 Å². The van der Waals surface area contributed by atoms with Gasteiger partial charge >= 0.3 is 0 Å². The molecule has 0 unspecified atom stereocenters. The first-order chi connectivity index (χ1) is 11.6. The summed E-state index contributed by atoms with van der Waals surface area (Å²) in [7, 11) is 0. The maximum absolute atomic E-state index is 12.6. The Balaban J connectivity index is 1.74. The van der Waals surface area contributed by atoms with Crippen LogP contribution in [-0.2, 0) is 0 Å². The molecule has 1 fully saturated rings. The SMILES string of the molecule is Cc1ccc(Oc2ncc(C(=O)N3CCCCCC3)cc2Cl)cn1. The van der Waals surface area contributed by atoms with Gasteiger partial charge in [-0.05, 0) is 38.0 Å². The Morgan fingerprint density at radius 2 is 1.88 bits per heavy atom. The van der Waals surface area contributed by atoms with Gasteiger partial charge in [-0.3, -0.25) is 9.78 Å². The summed E-state index contributed by atoms with van der Waals surface area (Å²) in [5.41, 5.74) is 1.40. The number of carbonyl (C=O) groups excluding carboxylic acids is 1. The third-order valence-corrected chi connectivity index (χ3v) is 4.32. The number of amides is 1. The van der Waals surface area contributed by atoms with E-state index in [9.17, 15) is 4.79 Å². The van der Waals surface area contributed by atoms with Crippen molar-refractivity contribution in [3.8, 4) is 11.6 Å². The molecule has 3 rings (SSSR count). The molecular weight excluding hydrogens is 326 g/mol. The van der Waals surface area contributed by atoms with Gasteiger partial charge in [0.05, 0.1) is 11.8 Å². The van der Waals surface area contributed by atoms with Crippen LogP contribution in [0.25, 0.3) is 0 Å². The van der Waals surface area contributed by atoms with Gasteiger partial charge < -0.3 is 9.64 Å². The largest absolute Gasteiger partial charge is 0.436 e. The van der Waals surface area contributed by atoms with E-state index in [4.69, 9.17) is 16.3 Å². The number of hydrogen-bond acceptors (Lipinski definition) is 4. The van der Waals surface area contributed by atoms with Crippen molar-refractivity contribution < 1.29 is 9.53 Å². The summed E-state index contributed by atoms with van der Waals surface area (Å²) in [6.45, 7) is 3.49. The first-order valence-corrected chi connectivity index (χ1v) is 8.56. The normalized spacial score (nSPS) is 15.0. The Labute approximate surface area is 146 Å². The topological polar surface area (TPSA) is 55.3 Å². The Morgan fingerprint density at radius 3 is 2.50 bits per heavy atom. The number of aromatic nitrogens is 2. The summed E-state index contributed by atoms with van der Waals surface area (Å²) < 4.78 is 5.63. The van der Waals surface area contributed by atoms with E-state index in [1.807, 2.05) is 17.9 Å². The summed E-state index contributed by atoms with van der Waals surface area (Å²) in [6, 6.07) is 5.27. The van der Waals surface area contributed by atoms with Gasteiger partial charge in [-0.25, -0.2) is 4.98 Å². The van der Waals surface area contributed by atoms with Crippen molar-refractivity contribution in [1.29, 1.82) is 0 Å². The number of aryl methyl sites for hydroxylation is 1. The maximum Gasteiger partial charge on any atom is 0.255 e. The highest BCUT2D eigenvalue weighted by atomic mass is 35.5. The fraction of sp³-hybridized carbons (Fsp3) is 0.389. The summed E-state index contributed by atoms with van der Waals surface area (Å²) in [4.78, 5) is 22.8. The number of ether oxygens (including phenoxy) is 1.